The van der Waals surface area contributed by atoms with E-state index in [9.17, 15) is 9.59 Å². The van der Waals surface area contributed by atoms with Crippen LogP contribution in [0.15, 0.2) is 12.7 Å². The molecular formula is C14H25NO4. The fraction of sp³-hybridized carbons (Fsp3) is 0.714. The Bertz CT molecular complexity index is 331. The third-order valence-electron chi connectivity index (χ3n) is 2.31. The van der Waals surface area contributed by atoms with E-state index < -0.39 is 29.7 Å². The molecule has 0 amide bonds. The molecule has 0 bridgehead atoms. The van der Waals surface area contributed by atoms with E-state index in [2.05, 4.69) is 6.58 Å². The standard InChI is InChI=1S/C14H25NO4/c1-7-10(8-11(16)19-14(4,5)6)18-13(17)12(15)9(2)3/h7,9-10,12H,1,8,15H2,2-6H3. The maximum Gasteiger partial charge on any atom is 0.323 e. The lowest BCUT2D eigenvalue weighted by Gasteiger charge is -2.22. The minimum Gasteiger partial charge on any atom is -0.460 e. The van der Waals surface area contributed by atoms with Crippen LogP contribution in [0.25, 0.3) is 0 Å². The van der Waals surface area contributed by atoms with Crippen molar-refractivity contribution in [3.8, 4) is 0 Å². The Morgan fingerprint density at radius 1 is 1.32 bits per heavy atom. The molecule has 19 heavy (non-hydrogen) atoms. The van der Waals surface area contributed by atoms with Crippen molar-refractivity contribution >= 4 is 11.9 Å². The van der Waals surface area contributed by atoms with Gasteiger partial charge in [0, 0.05) is 0 Å². The van der Waals surface area contributed by atoms with E-state index in [0.29, 0.717) is 0 Å². The summed E-state index contributed by atoms with van der Waals surface area (Å²) in [5.74, 6) is -1.01. The molecule has 0 saturated heterocycles. The molecule has 2 N–H and O–H groups in total. The molecule has 0 saturated carbocycles. The molecule has 0 heterocycles. The fourth-order valence-corrected chi connectivity index (χ4v) is 1.22. The molecule has 0 aromatic rings. The van der Waals surface area contributed by atoms with Gasteiger partial charge >= 0.3 is 11.9 Å². The smallest absolute Gasteiger partial charge is 0.323 e. The number of esters is 2. The topological polar surface area (TPSA) is 78.6 Å². The summed E-state index contributed by atoms with van der Waals surface area (Å²) in [5.41, 5.74) is 5.10. The first-order valence-corrected chi connectivity index (χ1v) is 6.37. The molecule has 0 aliphatic heterocycles. The second-order valence-corrected chi connectivity index (χ2v) is 5.77. The highest BCUT2D eigenvalue weighted by atomic mass is 16.6. The van der Waals surface area contributed by atoms with Crippen LogP contribution in [-0.2, 0) is 19.1 Å². The zero-order chi connectivity index (χ0) is 15.2. The predicted molar refractivity (Wildman–Crippen MR) is 73.4 cm³/mol. The fourth-order valence-electron chi connectivity index (χ4n) is 1.22. The number of hydrogen-bond donors (Lipinski definition) is 1. The normalized spacial score (nSPS) is 14.7. The van der Waals surface area contributed by atoms with Gasteiger partial charge in [-0.25, -0.2) is 0 Å². The molecule has 5 heteroatoms. The van der Waals surface area contributed by atoms with E-state index in [1.165, 1.54) is 6.08 Å². The Morgan fingerprint density at radius 3 is 2.21 bits per heavy atom. The first-order valence-electron chi connectivity index (χ1n) is 6.37. The molecule has 2 unspecified atom stereocenters. The summed E-state index contributed by atoms with van der Waals surface area (Å²) in [6.45, 7) is 12.5. The SMILES string of the molecule is C=CC(CC(=O)OC(C)(C)C)OC(=O)C(N)C(C)C. The maximum atomic E-state index is 11.7. The second kappa shape index (κ2) is 7.28. The van der Waals surface area contributed by atoms with Gasteiger partial charge in [-0.05, 0) is 26.7 Å². The quantitative estimate of drug-likeness (QED) is 0.588. The average molecular weight is 271 g/mol. The van der Waals surface area contributed by atoms with Crippen LogP contribution < -0.4 is 5.73 Å². The minimum atomic E-state index is -0.716. The molecule has 0 fully saturated rings. The highest BCUT2D eigenvalue weighted by molar-refractivity contribution is 5.77. The third-order valence-corrected chi connectivity index (χ3v) is 2.31. The summed E-state index contributed by atoms with van der Waals surface area (Å²) in [5, 5.41) is 0. The molecule has 5 nitrogen and oxygen atoms in total. The highest BCUT2D eigenvalue weighted by Gasteiger charge is 2.24. The molecule has 2 atom stereocenters. The Kier molecular flexibility index (Phi) is 6.76. The summed E-state index contributed by atoms with van der Waals surface area (Å²) in [7, 11) is 0. The van der Waals surface area contributed by atoms with Crippen molar-refractivity contribution in [2.45, 2.75) is 58.8 Å². The van der Waals surface area contributed by atoms with Gasteiger partial charge < -0.3 is 15.2 Å². The van der Waals surface area contributed by atoms with Crippen LogP contribution in [0.3, 0.4) is 0 Å². The Balaban J connectivity index is 4.41. The van der Waals surface area contributed by atoms with Crippen LogP contribution in [0.1, 0.15) is 41.0 Å². The number of hydrogen-bond acceptors (Lipinski definition) is 5. The van der Waals surface area contributed by atoms with E-state index >= 15 is 0 Å². The minimum absolute atomic E-state index is 0.0282. The molecule has 0 aromatic carbocycles. The van der Waals surface area contributed by atoms with Gasteiger partial charge in [0.1, 0.15) is 17.7 Å². The number of rotatable bonds is 6. The van der Waals surface area contributed by atoms with Gasteiger partial charge in [-0.15, -0.1) is 0 Å². The van der Waals surface area contributed by atoms with E-state index in [1.807, 2.05) is 13.8 Å². The van der Waals surface area contributed by atoms with Gasteiger partial charge in [0.05, 0.1) is 6.42 Å². The first-order chi connectivity index (χ1) is 8.56. The van der Waals surface area contributed by atoms with Crippen molar-refractivity contribution in [3.63, 3.8) is 0 Å². The van der Waals surface area contributed by atoms with E-state index in [1.54, 1.807) is 20.8 Å². The van der Waals surface area contributed by atoms with Crippen LogP contribution in [-0.4, -0.2) is 29.7 Å². The average Bonchev–Trinajstić information content (AvgIpc) is 2.23. The Hall–Kier alpha value is -1.36. The molecule has 0 aromatic heterocycles. The zero-order valence-corrected chi connectivity index (χ0v) is 12.4. The van der Waals surface area contributed by atoms with Crippen molar-refractivity contribution in [1.82, 2.24) is 0 Å². The van der Waals surface area contributed by atoms with Gasteiger partial charge in [-0.3, -0.25) is 9.59 Å². The lowest BCUT2D eigenvalue weighted by molar-refractivity contribution is -0.160. The van der Waals surface area contributed by atoms with Crippen molar-refractivity contribution in [1.29, 1.82) is 0 Å². The summed E-state index contributed by atoms with van der Waals surface area (Å²) >= 11 is 0. The Morgan fingerprint density at radius 2 is 1.84 bits per heavy atom. The highest BCUT2D eigenvalue weighted by Crippen LogP contribution is 2.12. The summed E-state index contributed by atoms with van der Waals surface area (Å²) in [6, 6.07) is -0.707. The van der Waals surface area contributed by atoms with Crippen molar-refractivity contribution in [3.05, 3.63) is 12.7 Å². The number of carbonyl (C=O) groups excluding carboxylic acids is 2. The van der Waals surface area contributed by atoms with Crippen LogP contribution in [0.4, 0.5) is 0 Å². The van der Waals surface area contributed by atoms with Gasteiger partial charge in [0.15, 0.2) is 0 Å². The third kappa shape index (κ3) is 7.62. The second-order valence-electron chi connectivity index (χ2n) is 5.77. The van der Waals surface area contributed by atoms with Crippen LogP contribution in [0.5, 0.6) is 0 Å². The number of ether oxygens (including phenoxy) is 2. The molecule has 0 aliphatic rings. The first kappa shape index (κ1) is 17.6. The van der Waals surface area contributed by atoms with Crippen molar-refractivity contribution in [2.24, 2.45) is 11.7 Å². The monoisotopic (exact) mass is 271 g/mol. The molecule has 0 radical (unpaired) electrons. The van der Waals surface area contributed by atoms with Crippen molar-refractivity contribution in [2.75, 3.05) is 0 Å². The van der Waals surface area contributed by atoms with E-state index in [4.69, 9.17) is 15.2 Å². The molecule has 0 rings (SSSR count). The van der Waals surface area contributed by atoms with Gasteiger partial charge in [0.2, 0.25) is 0 Å². The van der Waals surface area contributed by atoms with E-state index in [0.717, 1.165) is 0 Å². The molecule has 0 spiro atoms. The van der Waals surface area contributed by atoms with Crippen LogP contribution in [0.2, 0.25) is 0 Å². The van der Waals surface area contributed by atoms with Gasteiger partial charge in [0.25, 0.3) is 0 Å². The van der Waals surface area contributed by atoms with Crippen LogP contribution in [0, 0.1) is 5.92 Å². The van der Waals surface area contributed by atoms with Gasteiger partial charge in [-0.2, -0.15) is 0 Å². The lowest BCUT2D eigenvalue weighted by Crippen LogP contribution is -2.39. The molecular weight excluding hydrogens is 246 g/mol. The largest absolute Gasteiger partial charge is 0.460 e. The molecule has 110 valence electrons. The maximum absolute atomic E-state index is 11.7. The number of nitrogens with two attached hydrogens (primary N) is 1. The summed E-state index contributed by atoms with van der Waals surface area (Å²) in [4.78, 5) is 23.3. The summed E-state index contributed by atoms with van der Waals surface area (Å²) in [6.07, 6.45) is 0.624. The lowest BCUT2D eigenvalue weighted by atomic mass is 10.1. The van der Waals surface area contributed by atoms with E-state index in [-0.39, 0.29) is 12.3 Å². The Labute approximate surface area is 115 Å². The van der Waals surface area contributed by atoms with Gasteiger partial charge in [-0.1, -0.05) is 26.5 Å². The summed E-state index contributed by atoms with van der Waals surface area (Å²) < 4.78 is 10.3. The zero-order valence-electron chi connectivity index (χ0n) is 12.4. The number of carbonyl (C=O) groups is 2. The predicted octanol–water partition coefficient (Wildman–Crippen LogP) is 1.80. The van der Waals surface area contributed by atoms with Crippen LogP contribution >= 0.6 is 0 Å². The van der Waals surface area contributed by atoms with Crippen molar-refractivity contribution < 1.29 is 19.1 Å². The molecule has 0 aliphatic carbocycles.